The molecule has 0 spiro atoms. The van der Waals surface area contributed by atoms with E-state index in [1.165, 1.54) is 0 Å². The predicted molar refractivity (Wildman–Crippen MR) is 135 cm³/mol. The van der Waals surface area contributed by atoms with Crippen LogP contribution in [0, 0.1) is 11.3 Å². The Bertz CT molecular complexity index is 1480. The Morgan fingerprint density at radius 2 is 1.46 bits per heavy atom. The second kappa shape index (κ2) is 9.45. The molecule has 5 rings (SSSR count). The van der Waals surface area contributed by atoms with Crippen molar-refractivity contribution in [1.82, 2.24) is 9.47 Å². The van der Waals surface area contributed by atoms with Crippen molar-refractivity contribution < 1.29 is 9.90 Å². The van der Waals surface area contributed by atoms with E-state index in [0.29, 0.717) is 34.3 Å². The van der Waals surface area contributed by atoms with Crippen molar-refractivity contribution in [1.29, 1.82) is 5.26 Å². The molecule has 174 valence electrons. The highest BCUT2D eigenvalue weighted by molar-refractivity contribution is 6.04. The summed E-state index contributed by atoms with van der Waals surface area (Å²) in [5.74, 6) is -1.04. The summed E-state index contributed by atoms with van der Waals surface area (Å²) in [5, 5.41) is 20.1. The Balaban J connectivity index is 1.51. The molecule has 0 atom stereocenters. The Morgan fingerprint density at radius 1 is 0.829 bits per heavy atom. The van der Waals surface area contributed by atoms with E-state index in [1.54, 1.807) is 28.8 Å². The largest absolute Gasteiger partial charge is 0.478 e. The second-order valence-corrected chi connectivity index (χ2v) is 8.57. The Hall–Kier alpha value is -4.41. The van der Waals surface area contributed by atoms with E-state index in [2.05, 4.69) is 15.9 Å². The lowest BCUT2D eigenvalue weighted by molar-refractivity contribution is 0.0695. The van der Waals surface area contributed by atoms with Crippen LogP contribution in [-0.2, 0) is 6.54 Å². The zero-order valence-electron chi connectivity index (χ0n) is 19.1. The van der Waals surface area contributed by atoms with Gasteiger partial charge in [-0.15, -0.1) is 0 Å². The summed E-state index contributed by atoms with van der Waals surface area (Å²) in [5.41, 5.74) is 2.77. The lowest BCUT2D eigenvalue weighted by Crippen LogP contribution is -2.46. The summed E-state index contributed by atoms with van der Waals surface area (Å²) >= 11 is 0. The fourth-order valence-corrected chi connectivity index (χ4v) is 4.76. The molecule has 0 saturated carbocycles. The number of rotatable bonds is 5. The van der Waals surface area contributed by atoms with Crippen LogP contribution in [-0.4, -0.2) is 46.7 Å². The van der Waals surface area contributed by atoms with Crippen LogP contribution in [0.5, 0.6) is 0 Å². The number of hydrogen-bond donors (Lipinski definition) is 1. The van der Waals surface area contributed by atoms with Crippen molar-refractivity contribution in [3.8, 4) is 11.8 Å². The molecule has 0 unspecified atom stereocenters. The maximum absolute atomic E-state index is 13.6. The first-order valence-corrected chi connectivity index (χ1v) is 11.5. The van der Waals surface area contributed by atoms with Gasteiger partial charge in [-0.05, 0) is 42.5 Å². The van der Waals surface area contributed by atoms with Gasteiger partial charge in [0.05, 0.1) is 22.9 Å². The molecule has 1 fully saturated rings. The van der Waals surface area contributed by atoms with Gasteiger partial charge in [-0.2, -0.15) is 5.26 Å². The molecular formula is C28H24N4O3. The first kappa shape index (κ1) is 22.4. The van der Waals surface area contributed by atoms with Crippen molar-refractivity contribution in [2.75, 3.05) is 31.1 Å². The third-order valence-electron chi connectivity index (χ3n) is 6.52. The maximum atomic E-state index is 13.6. The minimum Gasteiger partial charge on any atom is -0.478 e. The number of carbonyl (C=O) groups is 1. The van der Waals surface area contributed by atoms with Gasteiger partial charge in [-0.25, -0.2) is 4.79 Å². The number of nitrogens with zero attached hydrogens (tertiary/aromatic N) is 4. The molecule has 7 nitrogen and oxygen atoms in total. The summed E-state index contributed by atoms with van der Waals surface area (Å²) in [7, 11) is 0. The summed E-state index contributed by atoms with van der Waals surface area (Å²) in [4.78, 5) is 30.5. The molecule has 0 amide bonds. The molecule has 1 aliphatic heterocycles. The van der Waals surface area contributed by atoms with E-state index in [-0.39, 0.29) is 11.1 Å². The Kier molecular flexibility index (Phi) is 6.04. The van der Waals surface area contributed by atoms with Crippen molar-refractivity contribution >= 4 is 22.4 Å². The number of hydrogen-bond acceptors (Lipinski definition) is 5. The number of carboxylic acids is 1. The third kappa shape index (κ3) is 4.27. The molecule has 2 heterocycles. The van der Waals surface area contributed by atoms with Crippen LogP contribution < -0.4 is 10.5 Å². The van der Waals surface area contributed by atoms with E-state index < -0.39 is 5.97 Å². The molecule has 3 aromatic carbocycles. The highest BCUT2D eigenvalue weighted by Gasteiger charge is 2.25. The third-order valence-corrected chi connectivity index (χ3v) is 6.52. The number of piperazine rings is 1. The number of benzene rings is 3. The van der Waals surface area contributed by atoms with E-state index in [4.69, 9.17) is 5.26 Å². The smallest absolute Gasteiger partial charge is 0.338 e. The molecule has 1 saturated heterocycles. The number of para-hydroxylation sites is 1. The minimum absolute atomic E-state index is 0.165. The fraction of sp³-hybridized carbons (Fsp3) is 0.179. The van der Waals surface area contributed by atoms with Gasteiger partial charge in [0.15, 0.2) is 0 Å². The van der Waals surface area contributed by atoms with Crippen LogP contribution >= 0.6 is 0 Å². The minimum atomic E-state index is -1.04. The maximum Gasteiger partial charge on any atom is 0.338 e. The number of aromatic carboxylic acids is 1. The average molecular weight is 465 g/mol. The summed E-state index contributed by atoms with van der Waals surface area (Å²) < 4.78 is 1.55. The first-order chi connectivity index (χ1) is 17.1. The highest BCUT2D eigenvalue weighted by Crippen LogP contribution is 2.25. The van der Waals surface area contributed by atoms with Crippen molar-refractivity contribution in [2.45, 2.75) is 6.54 Å². The molecule has 1 aliphatic rings. The van der Waals surface area contributed by atoms with E-state index in [1.807, 2.05) is 54.6 Å². The topological polar surface area (TPSA) is 89.6 Å². The van der Waals surface area contributed by atoms with Gasteiger partial charge in [0.2, 0.25) is 0 Å². The van der Waals surface area contributed by atoms with Gasteiger partial charge in [-0.3, -0.25) is 14.3 Å². The standard InChI is InChI=1S/C28H24N4O3/c29-18-20-10-12-21(13-11-20)31-16-14-30(15-17-31)19-25-26(28(34)35)23-8-4-5-9-24(23)27(33)32(25)22-6-2-1-3-7-22/h1-13H,14-17,19H2,(H,34,35). The zero-order valence-corrected chi connectivity index (χ0v) is 19.1. The molecule has 1 N–H and O–H groups in total. The lowest BCUT2D eigenvalue weighted by Gasteiger charge is -2.36. The first-order valence-electron chi connectivity index (χ1n) is 11.5. The monoisotopic (exact) mass is 464 g/mol. The number of nitriles is 1. The fourth-order valence-electron chi connectivity index (χ4n) is 4.76. The SMILES string of the molecule is N#Cc1ccc(N2CCN(Cc3c(C(=O)O)c4ccccc4c(=O)n3-c3ccccc3)CC2)cc1. The van der Waals surface area contributed by atoms with Crippen LogP contribution in [0.1, 0.15) is 21.6 Å². The van der Waals surface area contributed by atoms with Crippen LogP contribution in [0.15, 0.2) is 83.7 Å². The van der Waals surface area contributed by atoms with E-state index in [9.17, 15) is 14.7 Å². The Morgan fingerprint density at radius 3 is 2.09 bits per heavy atom. The van der Waals surface area contributed by atoms with E-state index in [0.717, 1.165) is 31.9 Å². The number of pyridine rings is 1. The molecule has 35 heavy (non-hydrogen) atoms. The predicted octanol–water partition coefficient (Wildman–Crippen LogP) is 3.88. The highest BCUT2D eigenvalue weighted by atomic mass is 16.4. The summed E-state index contributed by atoms with van der Waals surface area (Å²) in [6.07, 6.45) is 0. The van der Waals surface area contributed by atoms with Crippen LogP contribution in [0.25, 0.3) is 16.5 Å². The molecule has 7 heteroatoms. The second-order valence-electron chi connectivity index (χ2n) is 8.57. The van der Waals surface area contributed by atoms with Gasteiger partial charge in [0.1, 0.15) is 0 Å². The number of anilines is 1. The van der Waals surface area contributed by atoms with Gasteiger partial charge < -0.3 is 10.0 Å². The van der Waals surface area contributed by atoms with Gasteiger partial charge in [0.25, 0.3) is 5.56 Å². The average Bonchev–Trinajstić information content (AvgIpc) is 2.90. The number of fused-ring (bicyclic) bond motifs is 1. The lowest BCUT2D eigenvalue weighted by atomic mass is 10.0. The van der Waals surface area contributed by atoms with Crippen LogP contribution in [0.4, 0.5) is 5.69 Å². The van der Waals surface area contributed by atoms with Gasteiger partial charge >= 0.3 is 5.97 Å². The summed E-state index contributed by atoms with van der Waals surface area (Å²) in [6.45, 7) is 3.30. The van der Waals surface area contributed by atoms with Crippen LogP contribution in [0.3, 0.4) is 0 Å². The number of carboxylic acid groups (broad SMARTS) is 1. The molecule has 0 aliphatic carbocycles. The molecule has 4 aromatic rings. The molecular weight excluding hydrogens is 440 g/mol. The van der Waals surface area contributed by atoms with Crippen molar-refractivity contribution in [2.24, 2.45) is 0 Å². The quantitative estimate of drug-likeness (QED) is 0.482. The van der Waals surface area contributed by atoms with E-state index >= 15 is 0 Å². The molecule has 0 bridgehead atoms. The number of aromatic nitrogens is 1. The summed E-state index contributed by atoms with van der Waals surface area (Å²) in [6, 6.07) is 25.8. The van der Waals surface area contributed by atoms with Crippen molar-refractivity contribution in [3.05, 3.63) is 106 Å². The van der Waals surface area contributed by atoms with Crippen molar-refractivity contribution in [3.63, 3.8) is 0 Å². The Labute approximate surface area is 202 Å². The zero-order chi connectivity index (χ0) is 24.4. The van der Waals surface area contributed by atoms with Gasteiger partial charge in [-0.1, -0.05) is 36.4 Å². The van der Waals surface area contributed by atoms with Crippen LogP contribution in [0.2, 0.25) is 0 Å². The normalized spacial score (nSPS) is 14.1. The van der Waals surface area contributed by atoms with Gasteiger partial charge in [0, 0.05) is 54.9 Å². The molecule has 1 aromatic heterocycles. The molecule has 0 radical (unpaired) electrons.